The maximum Gasteiger partial charge on any atom is 0.261 e. The van der Waals surface area contributed by atoms with Gasteiger partial charge in [-0.25, -0.2) is 48.0 Å². The lowest BCUT2D eigenvalue weighted by Crippen LogP contribution is -2.28. The summed E-state index contributed by atoms with van der Waals surface area (Å²) in [6, 6.07) is 21.4. The summed E-state index contributed by atoms with van der Waals surface area (Å²) in [6.07, 6.45) is 6.19. The van der Waals surface area contributed by atoms with E-state index in [1.54, 1.807) is 43.8 Å². The minimum atomic E-state index is -0.495. The number of halogens is 2. The molecular formula is C49H42F2N14O4. The molecule has 0 spiro atoms. The van der Waals surface area contributed by atoms with Crippen molar-refractivity contribution in [3.05, 3.63) is 142 Å². The quantitative estimate of drug-likeness (QED) is 0.127. The van der Waals surface area contributed by atoms with Crippen LogP contribution in [0.15, 0.2) is 107 Å². The molecule has 69 heavy (non-hydrogen) atoms. The lowest BCUT2D eigenvalue weighted by molar-refractivity contribution is 0.415. The third kappa shape index (κ3) is 7.49. The second-order valence-electron chi connectivity index (χ2n) is 17.2. The fourth-order valence-corrected chi connectivity index (χ4v) is 8.91. The fourth-order valence-electron chi connectivity index (χ4n) is 8.91. The van der Waals surface area contributed by atoms with Gasteiger partial charge < -0.3 is 21.3 Å². The Kier molecular flexibility index (Phi) is 10.3. The summed E-state index contributed by atoms with van der Waals surface area (Å²) in [5.41, 5.74) is 16.4. The second kappa shape index (κ2) is 16.6. The minimum Gasteiger partial charge on any atom is -0.508 e. The average Bonchev–Trinajstić information content (AvgIpc) is 4.29. The molecule has 0 saturated heterocycles. The zero-order valence-corrected chi connectivity index (χ0v) is 37.3. The van der Waals surface area contributed by atoms with Crippen LogP contribution in [0.4, 0.5) is 20.4 Å². The molecule has 2 fully saturated rings. The van der Waals surface area contributed by atoms with E-state index < -0.39 is 23.7 Å². The standard InChI is InChI=1S/C25H22FN7O2.C24H20FN7O2/c1-13(23-30-19-9-6-15(26)11-18(19)25(34)32(23)16-7-8-16)33-24-20(22(27)28-12-29-24)21(31-33)14-4-3-5-17(10-14)35-2;1-12(22-29-18-8-5-14(25)10-17(18)24(34)31(22)15-6-7-15)32-23-19(21(26)27-11-28-23)20(30-32)13-3-2-4-16(33)9-13/h3-6,9-13,16H,7-8H2,1-2H3,(H2,27,28,29);2-5,8-12,15,33H,6-7H2,1H3,(H2,26,27,28). The maximum absolute atomic E-state index is 13.9. The summed E-state index contributed by atoms with van der Waals surface area (Å²) in [5, 5.41) is 21.3. The summed E-state index contributed by atoms with van der Waals surface area (Å²) in [6.45, 7) is 3.79. The number of anilines is 2. The van der Waals surface area contributed by atoms with Crippen LogP contribution in [0.25, 0.3) is 66.4 Å². The molecule has 18 nitrogen and oxygen atoms in total. The Bertz CT molecular complexity index is 3820. The monoisotopic (exact) mass is 928 g/mol. The number of hydrogen-bond acceptors (Lipinski definition) is 14. The number of nitrogen functional groups attached to an aromatic ring is 2. The molecule has 0 amide bonds. The molecule has 5 N–H and O–H groups in total. The number of benzene rings is 4. The van der Waals surface area contributed by atoms with Crippen LogP contribution >= 0.6 is 0 Å². The molecule has 0 bridgehead atoms. The van der Waals surface area contributed by atoms with E-state index in [0.717, 1.165) is 31.2 Å². The molecular weight excluding hydrogens is 887 g/mol. The van der Waals surface area contributed by atoms with Gasteiger partial charge in [0.1, 0.15) is 82.5 Å². The van der Waals surface area contributed by atoms with E-state index in [1.165, 1.54) is 49.1 Å². The molecule has 2 atom stereocenters. The van der Waals surface area contributed by atoms with Crippen molar-refractivity contribution in [1.29, 1.82) is 0 Å². The molecule has 0 radical (unpaired) electrons. The lowest BCUT2D eigenvalue weighted by atomic mass is 10.1. The van der Waals surface area contributed by atoms with E-state index >= 15 is 0 Å². The predicted molar refractivity (Wildman–Crippen MR) is 255 cm³/mol. The van der Waals surface area contributed by atoms with Crippen LogP contribution in [0.3, 0.4) is 0 Å². The average molecular weight is 929 g/mol. The summed E-state index contributed by atoms with van der Waals surface area (Å²) in [5.74, 6) is 1.43. The van der Waals surface area contributed by atoms with Crippen molar-refractivity contribution in [2.75, 3.05) is 18.6 Å². The molecule has 6 heterocycles. The summed E-state index contributed by atoms with van der Waals surface area (Å²) >= 11 is 0. The summed E-state index contributed by atoms with van der Waals surface area (Å²) in [4.78, 5) is 53.5. The first-order valence-corrected chi connectivity index (χ1v) is 22.2. The Morgan fingerprint density at radius 2 is 1.10 bits per heavy atom. The van der Waals surface area contributed by atoms with E-state index in [0.29, 0.717) is 73.3 Å². The van der Waals surface area contributed by atoms with Gasteiger partial charge in [0.05, 0.1) is 39.7 Å². The number of hydrogen-bond donors (Lipinski definition) is 3. The maximum atomic E-state index is 13.9. The fraction of sp³-hybridized carbons (Fsp3) is 0.224. The molecule has 6 aromatic heterocycles. The zero-order chi connectivity index (χ0) is 47.8. The number of nitrogens with two attached hydrogens (primary N) is 2. The highest BCUT2D eigenvalue weighted by Gasteiger charge is 2.34. The Morgan fingerprint density at radius 3 is 1.55 bits per heavy atom. The van der Waals surface area contributed by atoms with E-state index in [9.17, 15) is 23.5 Å². The second-order valence-corrected chi connectivity index (χ2v) is 17.2. The molecule has 346 valence electrons. The van der Waals surface area contributed by atoms with Crippen molar-refractivity contribution < 1.29 is 18.6 Å². The van der Waals surface area contributed by atoms with Crippen LogP contribution in [-0.2, 0) is 0 Å². The van der Waals surface area contributed by atoms with Gasteiger partial charge >= 0.3 is 0 Å². The Morgan fingerprint density at radius 1 is 0.638 bits per heavy atom. The van der Waals surface area contributed by atoms with Gasteiger partial charge in [-0.3, -0.25) is 18.7 Å². The number of phenols is 1. The van der Waals surface area contributed by atoms with Gasteiger partial charge in [-0.05, 0) is 100 Å². The lowest BCUT2D eigenvalue weighted by Gasteiger charge is -2.19. The van der Waals surface area contributed by atoms with Crippen molar-refractivity contribution in [2.45, 2.75) is 63.7 Å². The SMILES string of the molecule is CC(c1nc2ccc(F)cc2c(=O)n1C1CC1)n1nc(-c2cccc(O)c2)c2c(N)ncnc21.COc1cccc(-c2nn(C(C)c3nc4ccc(F)cc4c(=O)n3C3CC3)c3ncnc(N)c23)c1. The van der Waals surface area contributed by atoms with Crippen molar-refractivity contribution in [1.82, 2.24) is 58.6 Å². The number of methoxy groups -OCH3 is 1. The highest BCUT2D eigenvalue weighted by Crippen LogP contribution is 2.40. The van der Waals surface area contributed by atoms with Gasteiger partial charge in [0.25, 0.3) is 11.1 Å². The first-order valence-electron chi connectivity index (χ1n) is 22.2. The molecule has 2 saturated carbocycles. The van der Waals surface area contributed by atoms with Gasteiger partial charge in [-0.15, -0.1) is 0 Å². The molecule has 20 heteroatoms. The molecule has 2 unspecified atom stereocenters. The number of aromatic nitrogens is 12. The van der Waals surface area contributed by atoms with E-state index in [1.807, 2.05) is 44.2 Å². The third-order valence-electron chi connectivity index (χ3n) is 12.6. The molecule has 0 aliphatic heterocycles. The molecule has 10 aromatic rings. The molecule has 12 rings (SSSR count). The van der Waals surface area contributed by atoms with Gasteiger partial charge in [0, 0.05) is 23.2 Å². The number of rotatable bonds is 9. The van der Waals surface area contributed by atoms with Crippen molar-refractivity contribution >= 4 is 55.5 Å². The normalized spacial score (nSPS) is 14.6. The minimum absolute atomic E-state index is 0.0113. The van der Waals surface area contributed by atoms with Gasteiger partial charge in [0.15, 0.2) is 11.3 Å². The molecule has 4 aromatic carbocycles. The van der Waals surface area contributed by atoms with E-state index in [4.69, 9.17) is 36.4 Å². The highest BCUT2D eigenvalue weighted by molar-refractivity contribution is 5.99. The van der Waals surface area contributed by atoms with Gasteiger partial charge in [-0.1, -0.05) is 24.3 Å². The van der Waals surface area contributed by atoms with Crippen LogP contribution in [0.5, 0.6) is 11.5 Å². The number of fused-ring (bicyclic) bond motifs is 4. The van der Waals surface area contributed by atoms with Gasteiger partial charge in [-0.2, -0.15) is 10.2 Å². The van der Waals surface area contributed by atoms with Crippen molar-refractivity contribution in [3.63, 3.8) is 0 Å². The van der Waals surface area contributed by atoms with Crippen molar-refractivity contribution in [3.8, 4) is 34.0 Å². The smallest absolute Gasteiger partial charge is 0.261 e. The Balaban J connectivity index is 0.000000151. The number of aromatic hydroxyl groups is 1. The summed E-state index contributed by atoms with van der Waals surface area (Å²) < 4.78 is 39.9. The van der Waals surface area contributed by atoms with Crippen LogP contribution in [-0.4, -0.2) is 70.8 Å². The number of nitrogens with zero attached hydrogens (tertiary/aromatic N) is 12. The Labute approximate surface area is 389 Å². The largest absolute Gasteiger partial charge is 0.508 e. The van der Waals surface area contributed by atoms with Crippen molar-refractivity contribution in [2.24, 2.45) is 0 Å². The van der Waals surface area contributed by atoms with Crippen LogP contribution in [0.2, 0.25) is 0 Å². The number of ether oxygens (including phenoxy) is 1. The predicted octanol–water partition coefficient (Wildman–Crippen LogP) is 7.45. The zero-order valence-electron chi connectivity index (χ0n) is 37.3. The Hall–Kier alpha value is -8.68. The highest BCUT2D eigenvalue weighted by atomic mass is 19.1. The van der Waals surface area contributed by atoms with Crippen LogP contribution in [0, 0.1) is 11.6 Å². The van der Waals surface area contributed by atoms with Crippen LogP contribution < -0.4 is 27.3 Å². The van der Waals surface area contributed by atoms with E-state index in [-0.39, 0.29) is 45.5 Å². The summed E-state index contributed by atoms with van der Waals surface area (Å²) in [7, 11) is 1.60. The van der Waals surface area contributed by atoms with Gasteiger partial charge in [0.2, 0.25) is 0 Å². The molecule has 2 aliphatic carbocycles. The topological polar surface area (TPSA) is 238 Å². The molecule has 2 aliphatic rings. The first-order chi connectivity index (χ1) is 33.4. The third-order valence-corrected chi connectivity index (χ3v) is 12.6. The first kappa shape index (κ1) is 42.9. The van der Waals surface area contributed by atoms with Crippen LogP contribution in [0.1, 0.15) is 75.3 Å². The van der Waals surface area contributed by atoms with E-state index in [2.05, 4.69) is 19.9 Å². The number of phenolic OH excluding ortho intramolecular Hbond substituents is 1.